The maximum atomic E-state index is 11.4. The quantitative estimate of drug-likeness (QED) is 0.733. The summed E-state index contributed by atoms with van der Waals surface area (Å²) < 4.78 is 0. The predicted molar refractivity (Wildman–Crippen MR) is 113 cm³/mol. The Morgan fingerprint density at radius 2 is 1.73 bits per heavy atom. The van der Waals surface area contributed by atoms with E-state index in [0.717, 1.165) is 17.3 Å². The molecule has 1 saturated carbocycles. The Morgan fingerprint density at radius 3 is 2.23 bits per heavy atom. The molecule has 148 valence electrons. The summed E-state index contributed by atoms with van der Waals surface area (Å²) in [7, 11) is 0. The fourth-order valence-electron chi connectivity index (χ4n) is 3.77. The van der Waals surface area contributed by atoms with Crippen molar-refractivity contribution in [3.63, 3.8) is 0 Å². The monoisotopic (exact) mass is 361 g/mol. The molecule has 0 aliphatic heterocycles. The third kappa shape index (κ3) is 7.45. The van der Waals surface area contributed by atoms with E-state index in [0.29, 0.717) is 12.2 Å². The molecule has 0 amide bonds. The SMILES string of the molecule is C/C=C\c1nc(C)[nH]c(=O)c1CC.CCCN(CCC)C1CCCCC1. The molecule has 0 spiro atoms. The van der Waals surface area contributed by atoms with E-state index in [9.17, 15) is 4.79 Å². The van der Waals surface area contributed by atoms with Crippen LogP contribution in [0.3, 0.4) is 0 Å². The van der Waals surface area contributed by atoms with Crippen LogP contribution in [-0.4, -0.2) is 34.0 Å². The maximum Gasteiger partial charge on any atom is 0.254 e. The molecule has 0 aromatic carbocycles. The first-order chi connectivity index (χ1) is 12.6. The molecule has 1 heterocycles. The van der Waals surface area contributed by atoms with Crippen LogP contribution in [0.15, 0.2) is 10.9 Å². The highest BCUT2D eigenvalue weighted by molar-refractivity contribution is 5.48. The second kappa shape index (κ2) is 12.9. The Labute approximate surface area is 160 Å². The highest BCUT2D eigenvalue weighted by atomic mass is 16.1. The molecule has 1 aliphatic carbocycles. The minimum absolute atomic E-state index is 0.0249. The summed E-state index contributed by atoms with van der Waals surface area (Å²) in [6, 6.07) is 0.925. The van der Waals surface area contributed by atoms with Gasteiger partial charge in [-0.3, -0.25) is 4.79 Å². The van der Waals surface area contributed by atoms with Gasteiger partial charge in [0.05, 0.1) is 5.69 Å². The van der Waals surface area contributed by atoms with Crippen LogP contribution < -0.4 is 5.56 Å². The number of hydrogen-bond acceptors (Lipinski definition) is 3. The fraction of sp³-hybridized carbons (Fsp3) is 0.727. The summed E-state index contributed by atoms with van der Waals surface area (Å²) in [6.07, 6.45) is 14.4. The summed E-state index contributed by atoms with van der Waals surface area (Å²) in [4.78, 5) is 21.1. The van der Waals surface area contributed by atoms with Crippen molar-refractivity contribution in [1.29, 1.82) is 0 Å². The number of aromatic nitrogens is 2. The third-order valence-corrected chi connectivity index (χ3v) is 4.96. The van der Waals surface area contributed by atoms with E-state index in [2.05, 4.69) is 28.7 Å². The van der Waals surface area contributed by atoms with Gasteiger partial charge in [0.1, 0.15) is 5.82 Å². The molecule has 0 unspecified atom stereocenters. The molecule has 1 aromatic heterocycles. The molecule has 1 aliphatic rings. The van der Waals surface area contributed by atoms with Gasteiger partial charge < -0.3 is 9.88 Å². The van der Waals surface area contributed by atoms with Gasteiger partial charge in [0.25, 0.3) is 5.56 Å². The molecular weight excluding hydrogens is 322 g/mol. The number of H-pyrrole nitrogens is 1. The molecule has 0 atom stereocenters. The summed E-state index contributed by atoms with van der Waals surface area (Å²) in [5.41, 5.74) is 1.51. The average molecular weight is 362 g/mol. The molecule has 4 heteroatoms. The van der Waals surface area contributed by atoms with Gasteiger partial charge in [0, 0.05) is 11.6 Å². The van der Waals surface area contributed by atoms with Gasteiger partial charge in [-0.25, -0.2) is 4.98 Å². The minimum Gasteiger partial charge on any atom is -0.311 e. The lowest BCUT2D eigenvalue weighted by Gasteiger charge is -2.33. The van der Waals surface area contributed by atoms with Crippen LogP contribution in [-0.2, 0) is 6.42 Å². The van der Waals surface area contributed by atoms with Gasteiger partial charge in [0.15, 0.2) is 0 Å². The van der Waals surface area contributed by atoms with Crippen molar-refractivity contribution < 1.29 is 0 Å². The number of nitrogens with zero attached hydrogens (tertiary/aromatic N) is 2. The first-order valence-corrected chi connectivity index (χ1v) is 10.5. The summed E-state index contributed by atoms with van der Waals surface area (Å²) in [6.45, 7) is 12.9. The zero-order valence-corrected chi connectivity index (χ0v) is 17.6. The standard InChI is InChI=1S/C12H25N.C10H14N2O/c1-3-10-13(11-4-2)12-8-6-5-7-9-12;1-4-6-9-8(5-2)10(13)12-7(3)11-9/h12H,3-11H2,1-2H3;4,6H,5H2,1-3H3,(H,11,12,13)/b;6-4-. The predicted octanol–water partition coefficient (Wildman–Crippen LogP) is 5.11. The molecular formula is C22H39N3O. The Kier molecular flexibility index (Phi) is 11.2. The average Bonchev–Trinajstić information content (AvgIpc) is 2.63. The number of rotatable bonds is 7. The molecule has 1 aromatic rings. The van der Waals surface area contributed by atoms with E-state index in [1.54, 1.807) is 6.92 Å². The topological polar surface area (TPSA) is 49.0 Å². The van der Waals surface area contributed by atoms with Crippen LogP contribution in [0.4, 0.5) is 0 Å². The van der Waals surface area contributed by atoms with Crippen molar-refractivity contribution in [1.82, 2.24) is 14.9 Å². The third-order valence-electron chi connectivity index (χ3n) is 4.96. The first kappa shape index (κ1) is 22.6. The van der Waals surface area contributed by atoms with Gasteiger partial charge in [0.2, 0.25) is 0 Å². The number of nitrogens with one attached hydrogen (secondary N) is 1. The molecule has 26 heavy (non-hydrogen) atoms. The zero-order valence-electron chi connectivity index (χ0n) is 17.6. The molecule has 2 rings (SSSR count). The molecule has 1 N–H and O–H groups in total. The number of aryl methyl sites for hydroxylation is 1. The number of aromatic amines is 1. The van der Waals surface area contributed by atoms with E-state index >= 15 is 0 Å². The van der Waals surface area contributed by atoms with Crippen molar-refractivity contribution >= 4 is 6.08 Å². The van der Waals surface area contributed by atoms with Crippen LogP contribution in [0.1, 0.15) is 89.7 Å². The normalized spacial score (nSPS) is 15.3. The lowest BCUT2D eigenvalue weighted by molar-refractivity contribution is 0.156. The van der Waals surface area contributed by atoms with Crippen LogP contribution >= 0.6 is 0 Å². The van der Waals surface area contributed by atoms with Crippen molar-refractivity contribution in [2.75, 3.05) is 13.1 Å². The Balaban J connectivity index is 0.000000260. The van der Waals surface area contributed by atoms with E-state index in [-0.39, 0.29) is 5.56 Å². The van der Waals surface area contributed by atoms with Gasteiger partial charge in [-0.05, 0) is 65.1 Å². The highest BCUT2D eigenvalue weighted by Gasteiger charge is 2.19. The van der Waals surface area contributed by atoms with E-state index in [1.165, 1.54) is 58.0 Å². The largest absolute Gasteiger partial charge is 0.311 e. The number of hydrogen-bond donors (Lipinski definition) is 1. The zero-order chi connectivity index (χ0) is 19.4. The molecule has 0 saturated heterocycles. The molecule has 0 radical (unpaired) electrons. The van der Waals surface area contributed by atoms with E-state index in [4.69, 9.17) is 0 Å². The summed E-state index contributed by atoms with van der Waals surface area (Å²) in [5, 5.41) is 0. The lowest BCUT2D eigenvalue weighted by atomic mass is 9.94. The Bertz CT molecular complexity index is 580. The van der Waals surface area contributed by atoms with Crippen LogP contribution in [0, 0.1) is 6.92 Å². The van der Waals surface area contributed by atoms with Crippen molar-refractivity contribution in [3.05, 3.63) is 33.5 Å². The first-order valence-electron chi connectivity index (χ1n) is 10.5. The number of allylic oxidation sites excluding steroid dienone is 1. The van der Waals surface area contributed by atoms with Gasteiger partial charge in [-0.2, -0.15) is 0 Å². The summed E-state index contributed by atoms with van der Waals surface area (Å²) in [5.74, 6) is 0.662. The second-order valence-electron chi connectivity index (χ2n) is 7.20. The second-order valence-corrected chi connectivity index (χ2v) is 7.20. The molecule has 1 fully saturated rings. The van der Waals surface area contributed by atoms with Crippen molar-refractivity contribution in [2.45, 2.75) is 92.0 Å². The highest BCUT2D eigenvalue weighted by Crippen LogP contribution is 2.22. The van der Waals surface area contributed by atoms with E-state index < -0.39 is 0 Å². The van der Waals surface area contributed by atoms with Gasteiger partial charge in [-0.15, -0.1) is 0 Å². The van der Waals surface area contributed by atoms with Crippen LogP contribution in [0.2, 0.25) is 0 Å². The molecule has 4 nitrogen and oxygen atoms in total. The lowest BCUT2D eigenvalue weighted by Crippen LogP contribution is -2.37. The smallest absolute Gasteiger partial charge is 0.254 e. The van der Waals surface area contributed by atoms with E-state index in [1.807, 2.05) is 26.0 Å². The minimum atomic E-state index is -0.0249. The fourth-order valence-corrected chi connectivity index (χ4v) is 3.77. The van der Waals surface area contributed by atoms with Crippen LogP contribution in [0.25, 0.3) is 6.08 Å². The van der Waals surface area contributed by atoms with Crippen LogP contribution in [0.5, 0.6) is 0 Å². The molecule has 0 bridgehead atoms. The van der Waals surface area contributed by atoms with Crippen molar-refractivity contribution in [2.24, 2.45) is 0 Å². The van der Waals surface area contributed by atoms with Gasteiger partial charge >= 0.3 is 0 Å². The van der Waals surface area contributed by atoms with Crippen molar-refractivity contribution in [3.8, 4) is 0 Å². The maximum absolute atomic E-state index is 11.4. The summed E-state index contributed by atoms with van der Waals surface area (Å²) >= 11 is 0. The Hall–Kier alpha value is -1.42. The van der Waals surface area contributed by atoms with Gasteiger partial charge in [-0.1, -0.05) is 46.1 Å². The Morgan fingerprint density at radius 1 is 1.12 bits per heavy atom.